The molecule has 1 amide bonds. The molecule has 5 heteroatoms. The van der Waals surface area contributed by atoms with Crippen molar-refractivity contribution in [2.75, 3.05) is 13.2 Å². The van der Waals surface area contributed by atoms with E-state index in [4.69, 9.17) is 4.74 Å². The minimum absolute atomic E-state index is 0.266. The van der Waals surface area contributed by atoms with Gasteiger partial charge in [0, 0.05) is 6.54 Å². The second-order valence-corrected chi connectivity index (χ2v) is 3.07. The molecule has 14 heavy (non-hydrogen) atoms. The van der Waals surface area contributed by atoms with E-state index < -0.39 is 17.9 Å². The molecule has 0 aromatic carbocycles. The van der Waals surface area contributed by atoms with Crippen LogP contribution < -0.4 is 0 Å². The molecule has 0 saturated carbocycles. The molecule has 1 atom stereocenters. The fourth-order valence-corrected chi connectivity index (χ4v) is 1.57. The molecule has 1 rings (SSSR count). The van der Waals surface area contributed by atoms with Gasteiger partial charge < -0.3 is 4.74 Å². The van der Waals surface area contributed by atoms with E-state index in [1.54, 1.807) is 6.92 Å². The highest BCUT2D eigenvalue weighted by Crippen LogP contribution is 2.18. The number of ether oxygens (including phenoxy) is 1. The Bertz CT molecular complexity index is 251. The van der Waals surface area contributed by atoms with Crippen LogP contribution in [0.15, 0.2) is 0 Å². The molecular weight excluding hydrogens is 186 g/mol. The maximum atomic E-state index is 11.3. The molecule has 0 radical (unpaired) electrons. The van der Waals surface area contributed by atoms with E-state index in [2.05, 4.69) is 0 Å². The van der Waals surface area contributed by atoms with Gasteiger partial charge in [0.25, 0.3) is 0 Å². The van der Waals surface area contributed by atoms with E-state index >= 15 is 0 Å². The second kappa shape index (κ2) is 4.74. The summed E-state index contributed by atoms with van der Waals surface area (Å²) in [5, 5.41) is 0. The molecule has 1 saturated heterocycles. The lowest BCUT2D eigenvalue weighted by Gasteiger charge is -2.20. The fraction of sp³-hybridized carbons (Fsp3) is 0.667. The van der Waals surface area contributed by atoms with Crippen molar-refractivity contribution in [2.24, 2.45) is 0 Å². The number of aldehydes is 1. The van der Waals surface area contributed by atoms with E-state index in [9.17, 15) is 14.4 Å². The first-order valence-electron chi connectivity index (χ1n) is 4.63. The summed E-state index contributed by atoms with van der Waals surface area (Å²) < 4.78 is 4.77. The number of amides is 1. The van der Waals surface area contributed by atoms with Crippen LogP contribution in [-0.2, 0) is 14.3 Å². The summed E-state index contributed by atoms with van der Waals surface area (Å²) in [5.41, 5.74) is 0. The number of ketones is 1. The average molecular weight is 199 g/mol. The zero-order chi connectivity index (χ0) is 10.6. The van der Waals surface area contributed by atoms with Crippen molar-refractivity contribution < 1.29 is 19.1 Å². The van der Waals surface area contributed by atoms with Gasteiger partial charge in [-0.15, -0.1) is 0 Å². The van der Waals surface area contributed by atoms with Crippen molar-refractivity contribution in [3.05, 3.63) is 0 Å². The van der Waals surface area contributed by atoms with Gasteiger partial charge in [-0.25, -0.2) is 4.79 Å². The van der Waals surface area contributed by atoms with Crippen molar-refractivity contribution in [3.63, 3.8) is 0 Å². The second-order valence-electron chi connectivity index (χ2n) is 3.07. The molecule has 1 aliphatic heterocycles. The summed E-state index contributed by atoms with van der Waals surface area (Å²) >= 11 is 0. The molecule has 0 bridgehead atoms. The first-order chi connectivity index (χ1) is 6.70. The molecule has 0 N–H and O–H groups in total. The highest BCUT2D eigenvalue weighted by atomic mass is 16.6. The van der Waals surface area contributed by atoms with Crippen molar-refractivity contribution in [3.8, 4) is 0 Å². The minimum atomic E-state index is -0.605. The monoisotopic (exact) mass is 199 g/mol. The van der Waals surface area contributed by atoms with Gasteiger partial charge in [0.2, 0.25) is 5.78 Å². The van der Waals surface area contributed by atoms with Gasteiger partial charge in [-0.2, -0.15) is 0 Å². The van der Waals surface area contributed by atoms with Crippen LogP contribution >= 0.6 is 0 Å². The topological polar surface area (TPSA) is 63.7 Å². The summed E-state index contributed by atoms with van der Waals surface area (Å²) in [6.07, 6.45) is 1.05. The molecule has 1 fully saturated rings. The lowest BCUT2D eigenvalue weighted by atomic mass is 10.1. The number of carbonyl (C=O) groups is 3. The molecule has 0 aliphatic carbocycles. The number of hydrogen-bond acceptors (Lipinski definition) is 4. The van der Waals surface area contributed by atoms with Gasteiger partial charge in [0.15, 0.2) is 6.29 Å². The maximum Gasteiger partial charge on any atom is 0.410 e. The third-order valence-corrected chi connectivity index (χ3v) is 2.20. The first-order valence-corrected chi connectivity index (χ1v) is 4.63. The molecule has 0 spiro atoms. The van der Waals surface area contributed by atoms with Crippen LogP contribution in [0.4, 0.5) is 4.79 Å². The Labute approximate surface area is 82.0 Å². The van der Waals surface area contributed by atoms with Gasteiger partial charge in [0.05, 0.1) is 6.61 Å². The molecule has 1 aliphatic rings. The standard InChI is InChI=1S/C9H13NO4/c1-2-14-9(13)10-5-3-4-7(10)8(12)6-11/h6-7H,2-5H2,1H3/t7-/m0/s1. The largest absolute Gasteiger partial charge is 0.450 e. The zero-order valence-corrected chi connectivity index (χ0v) is 8.06. The lowest BCUT2D eigenvalue weighted by Crippen LogP contribution is -2.41. The summed E-state index contributed by atoms with van der Waals surface area (Å²) in [4.78, 5) is 34.0. The van der Waals surface area contributed by atoms with Crippen molar-refractivity contribution in [1.82, 2.24) is 4.90 Å². The molecule has 0 aromatic heterocycles. The maximum absolute atomic E-state index is 11.3. The van der Waals surface area contributed by atoms with Crippen molar-refractivity contribution >= 4 is 18.2 Å². The third kappa shape index (κ3) is 2.10. The quantitative estimate of drug-likeness (QED) is 0.486. The van der Waals surface area contributed by atoms with Crippen LogP contribution in [0.3, 0.4) is 0 Å². The van der Waals surface area contributed by atoms with Gasteiger partial charge in [-0.3, -0.25) is 14.5 Å². The number of Topliss-reactive ketones (excluding diaryl/α,β-unsaturated/α-hetero) is 1. The van der Waals surface area contributed by atoms with Crippen LogP contribution in [0.2, 0.25) is 0 Å². The summed E-state index contributed by atoms with van der Waals surface area (Å²) in [7, 11) is 0. The Balaban J connectivity index is 2.63. The Hall–Kier alpha value is -1.39. The number of carbonyl (C=O) groups excluding carboxylic acids is 3. The van der Waals surface area contributed by atoms with E-state index in [1.165, 1.54) is 4.90 Å². The summed E-state index contributed by atoms with van der Waals surface area (Å²) in [5.74, 6) is -0.546. The molecule has 0 unspecified atom stereocenters. The third-order valence-electron chi connectivity index (χ3n) is 2.20. The predicted molar refractivity (Wildman–Crippen MR) is 47.8 cm³/mol. The molecule has 1 heterocycles. The Morgan fingerprint density at radius 3 is 2.86 bits per heavy atom. The van der Waals surface area contributed by atoms with E-state index in [1.807, 2.05) is 0 Å². The van der Waals surface area contributed by atoms with Crippen molar-refractivity contribution in [1.29, 1.82) is 0 Å². The normalized spacial score (nSPS) is 20.6. The lowest BCUT2D eigenvalue weighted by molar-refractivity contribution is -0.132. The van der Waals surface area contributed by atoms with Gasteiger partial charge >= 0.3 is 6.09 Å². The number of rotatable bonds is 3. The predicted octanol–water partition coefficient (Wildman–Crippen LogP) is 0.375. The smallest absolute Gasteiger partial charge is 0.410 e. The van der Waals surface area contributed by atoms with Gasteiger partial charge in [0.1, 0.15) is 6.04 Å². The van der Waals surface area contributed by atoms with Crippen LogP contribution in [-0.4, -0.2) is 42.3 Å². The summed E-state index contributed by atoms with van der Waals surface area (Å²) in [6, 6.07) is -0.605. The van der Waals surface area contributed by atoms with Crippen molar-refractivity contribution in [2.45, 2.75) is 25.8 Å². The molecule has 0 aromatic rings. The van der Waals surface area contributed by atoms with Crippen LogP contribution in [0.5, 0.6) is 0 Å². The van der Waals surface area contributed by atoms with Gasteiger partial charge in [-0.05, 0) is 19.8 Å². The number of nitrogens with zero attached hydrogens (tertiary/aromatic N) is 1. The SMILES string of the molecule is CCOC(=O)N1CCC[C@H]1C(=O)C=O. The van der Waals surface area contributed by atoms with Crippen LogP contribution in [0.25, 0.3) is 0 Å². The number of likely N-dealkylation sites (tertiary alicyclic amines) is 1. The van der Waals surface area contributed by atoms with E-state index in [0.717, 1.165) is 6.42 Å². The average Bonchev–Trinajstić information content (AvgIpc) is 2.65. The Morgan fingerprint density at radius 2 is 2.29 bits per heavy atom. The first kappa shape index (κ1) is 10.7. The Morgan fingerprint density at radius 1 is 1.57 bits per heavy atom. The minimum Gasteiger partial charge on any atom is -0.450 e. The van der Waals surface area contributed by atoms with Crippen LogP contribution in [0.1, 0.15) is 19.8 Å². The van der Waals surface area contributed by atoms with Gasteiger partial charge in [-0.1, -0.05) is 0 Å². The fourth-order valence-electron chi connectivity index (χ4n) is 1.57. The highest BCUT2D eigenvalue weighted by Gasteiger charge is 2.34. The zero-order valence-electron chi connectivity index (χ0n) is 8.06. The summed E-state index contributed by atoms with van der Waals surface area (Å²) in [6.45, 7) is 2.46. The highest BCUT2D eigenvalue weighted by molar-refractivity contribution is 6.27. The van der Waals surface area contributed by atoms with E-state index in [-0.39, 0.29) is 12.9 Å². The molecular formula is C9H13NO4. The van der Waals surface area contributed by atoms with Crippen LogP contribution in [0, 0.1) is 0 Å². The van der Waals surface area contributed by atoms with E-state index in [0.29, 0.717) is 13.0 Å². The molecule has 5 nitrogen and oxygen atoms in total. The Kier molecular flexibility index (Phi) is 3.62. The number of hydrogen-bond donors (Lipinski definition) is 0. The molecule has 78 valence electrons.